The summed E-state index contributed by atoms with van der Waals surface area (Å²) in [4.78, 5) is 30.1. The molecule has 1 aliphatic rings. The first-order valence-corrected chi connectivity index (χ1v) is 9.57. The molecule has 0 unspecified atom stereocenters. The van der Waals surface area contributed by atoms with Crippen molar-refractivity contribution in [2.45, 2.75) is 32.7 Å². The number of carbonyl (C=O) groups excluding carboxylic acids is 2. The van der Waals surface area contributed by atoms with Crippen LogP contribution in [0.3, 0.4) is 0 Å². The van der Waals surface area contributed by atoms with Gasteiger partial charge in [0.2, 0.25) is 0 Å². The summed E-state index contributed by atoms with van der Waals surface area (Å²) in [5, 5.41) is 6.26. The number of rotatable bonds is 5. The number of pyridine rings is 1. The zero-order valence-electron chi connectivity index (χ0n) is 16.3. The molecule has 28 heavy (non-hydrogen) atoms. The quantitative estimate of drug-likeness (QED) is 0.827. The normalized spacial score (nSPS) is 14.4. The van der Waals surface area contributed by atoms with E-state index in [4.69, 9.17) is 4.74 Å². The molecule has 0 aliphatic carbocycles. The first-order valence-electron chi connectivity index (χ1n) is 9.57. The maximum Gasteiger partial charge on any atom is 0.409 e. The van der Waals surface area contributed by atoms with Gasteiger partial charge < -0.3 is 20.3 Å². The van der Waals surface area contributed by atoms with Crippen molar-refractivity contribution in [3.63, 3.8) is 0 Å². The van der Waals surface area contributed by atoms with Crippen LogP contribution in [0.1, 0.15) is 35.8 Å². The lowest BCUT2D eigenvalue weighted by Crippen LogP contribution is -2.46. The van der Waals surface area contributed by atoms with Gasteiger partial charge in [-0.2, -0.15) is 0 Å². The lowest BCUT2D eigenvalue weighted by atomic mass is 10.1. The molecule has 0 radical (unpaired) electrons. The van der Waals surface area contributed by atoms with Crippen LogP contribution in [0, 0.1) is 6.92 Å². The molecule has 0 bridgehead atoms. The van der Waals surface area contributed by atoms with Gasteiger partial charge in [0.25, 0.3) is 5.91 Å². The average Bonchev–Trinajstić information content (AvgIpc) is 2.71. The van der Waals surface area contributed by atoms with Gasteiger partial charge in [-0.1, -0.05) is 17.7 Å². The number of benzene rings is 1. The molecule has 0 saturated carbocycles. The van der Waals surface area contributed by atoms with Gasteiger partial charge in [-0.05, 0) is 51.0 Å². The van der Waals surface area contributed by atoms with Crippen molar-refractivity contribution in [3.05, 3.63) is 53.9 Å². The van der Waals surface area contributed by atoms with Crippen LogP contribution in [0.25, 0.3) is 0 Å². The van der Waals surface area contributed by atoms with Crippen molar-refractivity contribution in [1.29, 1.82) is 0 Å². The van der Waals surface area contributed by atoms with Crippen molar-refractivity contribution in [3.8, 4) is 0 Å². The van der Waals surface area contributed by atoms with Gasteiger partial charge in [0.15, 0.2) is 0 Å². The first kappa shape index (κ1) is 19.7. The maximum atomic E-state index is 12.4. The fourth-order valence-corrected chi connectivity index (χ4v) is 3.09. The molecule has 2 amide bonds. The van der Waals surface area contributed by atoms with Crippen LogP contribution in [-0.2, 0) is 4.74 Å². The van der Waals surface area contributed by atoms with Crippen LogP contribution in [0.15, 0.2) is 42.6 Å². The second kappa shape index (κ2) is 9.21. The number of hydrogen-bond donors (Lipinski definition) is 2. The van der Waals surface area contributed by atoms with E-state index in [9.17, 15) is 9.59 Å². The van der Waals surface area contributed by atoms with Gasteiger partial charge in [0.1, 0.15) is 5.69 Å². The largest absolute Gasteiger partial charge is 0.450 e. The highest BCUT2D eigenvalue weighted by molar-refractivity contribution is 5.92. The fourth-order valence-electron chi connectivity index (χ4n) is 3.09. The Balaban J connectivity index is 1.50. The van der Waals surface area contributed by atoms with Gasteiger partial charge in [-0.25, -0.2) is 9.78 Å². The lowest BCUT2D eigenvalue weighted by Gasteiger charge is -2.31. The molecule has 0 atom stereocenters. The van der Waals surface area contributed by atoms with Crippen LogP contribution in [-0.4, -0.2) is 47.6 Å². The monoisotopic (exact) mass is 382 g/mol. The number of hydrogen-bond acceptors (Lipinski definition) is 5. The summed E-state index contributed by atoms with van der Waals surface area (Å²) >= 11 is 0. The number of amides is 2. The summed E-state index contributed by atoms with van der Waals surface area (Å²) in [6.45, 7) is 5.36. The lowest BCUT2D eigenvalue weighted by molar-refractivity contribution is 0.0856. The molecule has 148 valence electrons. The van der Waals surface area contributed by atoms with Crippen molar-refractivity contribution in [2.75, 3.05) is 25.0 Å². The summed E-state index contributed by atoms with van der Waals surface area (Å²) in [6, 6.07) is 11.6. The van der Waals surface area contributed by atoms with Crippen LogP contribution in [0.5, 0.6) is 0 Å². The highest BCUT2D eigenvalue weighted by Gasteiger charge is 2.25. The summed E-state index contributed by atoms with van der Waals surface area (Å²) < 4.78 is 5.01. The smallest absolute Gasteiger partial charge is 0.409 e. The Kier molecular flexibility index (Phi) is 6.47. The van der Waals surface area contributed by atoms with Gasteiger partial charge in [-0.15, -0.1) is 0 Å². The zero-order chi connectivity index (χ0) is 19.9. The standard InChI is InChI=1S/C21H26N4O3/c1-3-28-21(27)25-12-10-17(11-13-25)24-20(26)19-9-8-18(14-22-19)23-16-6-4-15(2)5-7-16/h4-9,14,17,23H,3,10-13H2,1-2H3,(H,24,26). The second-order valence-electron chi connectivity index (χ2n) is 6.86. The average molecular weight is 382 g/mol. The summed E-state index contributed by atoms with van der Waals surface area (Å²) in [5.41, 5.74) is 3.37. The van der Waals surface area contributed by atoms with Crippen molar-refractivity contribution < 1.29 is 14.3 Å². The van der Waals surface area contributed by atoms with Crippen molar-refractivity contribution in [1.82, 2.24) is 15.2 Å². The highest BCUT2D eigenvalue weighted by Crippen LogP contribution is 2.17. The van der Waals surface area contributed by atoms with E-state index >= 15 is 0 Å². The molecule has 0 spiro atoms. The van der Waals surface area contributed by atoms with Crippen LogP contribution < -0.4 is 10.6 Å². The molecule has 1 saturated heterocycles. The molecule has 7 heteroatoms. The fraction of sp³-hybridized carbons (Fsp3) is 0.381. The number of ether oxygens (including phenoxy) is 1. The molecule has 2 N–H and O–H groups in total. The molecule has 3 rings (SSSR count). The Morgan fingerprint density at radius 2 is 1.79 bits per heavy atom. The summed E-state index contributed by atoms with van der Waals surface area (Å²) in [5.74, 6) is -0.198. The van der Waals surface area contributed by atoms with Gasteiger partial charge in [0, 0.05) is 24.8 Å². The SMILES string of the molecule is CCOC(=O)N1CCC(NC(=O)c2ccc(Nc3ccc(C)cc3)cn2)CC1. The number of aryl methyl sites for hydroxylation is 1. The predicted molar refractivity (Wildman–Crippen MR) is 108 cm³/mol. The van der Waals surface area contributed by atoms with Crippen LogP contribution >= 0.6 is 0 Å². The van der Waals surface area contributed by atoms with Gasteiger partial charge in [0.05, 0.1) is 18.5 Å². The molecule has 2 aromatic rings. The third-order valence-corrected chi connectivity index (χ3v) is 4.69. The Bertz CT molecular complexity index is 797. The van der Waals surface area contributed by atoms with Crippen molar-refractivity contribution in [2.24, 2.45) is 0 Å². The molecular formula is C21H26N4O3. The van der Waals surface area contributed by atoms with E-state index in [0.717, 1.165) is 11.4 Å². The minimum atomic E-state index is -0.286. The first-order chi connectivity index (χ1) is 13.5. The molecule has 1 aliphatic heterocycles. The summed E-state index contributed by atoms with van der Waals surface area (Å²) in [7, 11) is 0. The van der Waals surface area contributed by atoms with E-state index in [1.165, 1.54) is 5.56 Å². The molecule has 1 aromatic carbocycles. The minimum Gasteiger partial charge on any atom is -0.450 e. The predicted octanol–water partition coefficient (Wildman–Crippen LogP) is 3.48. The van der Waals surface area contributed by atoms with Gasteiger partial charge in [-0.3, -0.25) is 4.79 Å². The van der Waals surface area contributed by atoms with E-state index in [1.54, 1.807) is 24.1 Å². The molecular weight excluding hydrogens is 356 g/mol. The third kappa shape index (κ3) is 5.22. The van der Waals surface area contributed by atoms with E-state index in [0.29, 0.717) is 38.2 Å². The Labute approximate surface area is 165 Å². The van der Waals surface area contributed by atoms with E-state index in [1.807, 2.05) is 37.3 Å². The number of nitrogens with one attached hydrogen (secondary N) is 2. The Hall–Kier alpha value is -3.09. The molecule has 2 heterocycles. The number of anilines is 2. The number of likely N-dealkylation sites (tertiary alicyclic amines) is 1. The molecule has 1 fully saturated rings. The number of aromatic nitrogens is 1. The Morgan fingerprint density at radius 1 is 1.11 bits per heavy atom. The zero-order valence-corrected chi connectivity index (χ0v) is 16.3. The van der Waals surface area contributed by atoms with E-state index in [-0.39, 0.29) is 18.0 Å². The van der Waals surface area contributed by atoms with Crippen LogP contribution in [0.2, 0.25) is 0 Å². The molecule has 1 aromatic heterocycles. The van der Waals surface area contributed by atoms with E-state index < -0.39 is 0 Å². The van der Waals surface area contributed by atoms with Crippen molar-refractivity contribution >= 4 is 23.4 Å². The number of piperidine rings is 1. The highest BCUT2D eigenvalue weighted by atomic mass is 16.6. The summed E-state index contributed by atoms with van der Waals surface area (Å²) in [6.07, 6.45) is 2.78. The van der Waals surface area contributed by atoms with Gasteiger partial charge >= 0.3 is 6.09 Å². The number of nitrogens with zero attached hydrogens (tertiary/aromatic N) is 2. The van der Waals surface area contributed by atoms with E-state index in [2.05, 4.69) is 15.6 Å². The Morgan fingerprint density at radius 3 is 2.39 bits per heavy atom. The second-order valence-corrected chi connectivity index (χ2v) is 6.86. The van der Waals surface area contributed by atoms with Crippen LogP contribution in [0.4, 0.5) is 16.2 Å². The molecule has 7 nitrogen and oxygen atoms in total. The number of carbonyl (C=O) groups is 2. The maximum absolute atomic E-state index is 12.4. The third-order valence-electron chi connectivity index (χ3n) is 4.69. The minimum absolute atomic E-state index is 0.0327. The topological polar surface area (TPSA) is 83.6 Å².